The summed E-state index contributed by atoms with van der Waals surface area (Å²) in [5.74, 6) is 0.918. The first-order valence-corrected chi connectivity index (χ1v) is 7.30. The van der Waals surface area contributed by atoms with Gasteiger partial charge in [0.1, 0.15) is 17.8 Å². The van der Waals surface area contributed by atoms with E-state index in [2.05, 4.69) is 19.9 Å². The van der Waals surface area contributed by atoms with Crippen molar-refractivity contribution in [1.82, 2.24) is 19.9 Å². The number of aromatic amines is 1. The SMILES string of the molecule is O=C(O)N1CCC[C@@H]2[C@H]1CCN2c1ncnc2[nH]ccc12. The predicted octanol–water partition coefficient (Wildman–Crippen LogP) is 1.68. The Kier molecular flexibility index (Phi) is 2.73. The molecule has 2 aliphatic rings. The minimum absolute atomic E-state index is 0.0835. The number of likely N-dealkylation sites (tertiary alicyclic amines) is 1. The lowest BCUT2D eigenvalue weighted by atomic mass is 9.97. The maximum absolute atomic E-state index is 11.4. The first-order valence-electron chi connectivity index (χ1n) is 7.30. The summed E-state index contributed by atoms with van der Waals surface area (Å²) in [7, 11) is 0. The molecule has 4 rings (SSSR count). The molecule has 2 N–H and O–H groups in total. The minimum atomic E-state index is -0.805. The highest BCUT2D eigenvalue weighted by molar-refractivity contribution is 5.87. The number of H-pyrrole nitrogens is 1. The average Bonchev–Trinajstić information content (AvgIpc) is 3.12. The fourth-order valence-corrected chi connectivity index (χ4v) is 3.77. The van der Waals surface area contributed by atoms with Crippen molar-refractivity contribution in [2.24, 2.45) is 0 Å². The zero-order valence-corrected chi connectivity index (χ0v) is 11.6. The van der Waals surface area contributed by atoms with Crippen molar-refractivity contribution in [3.8, 4) is 0 Å². The Bertz CT molecular complexity index is 685. The number of carboxylic acid groups (broad SMARTS) is 1. The molecule has 0 spiro atoms. The van der Waals surface area contributed by atoms with Gasteiger partial charge in [-0.05, 0) is 25.3 Å². The number of aromatic nitrogens is 3. The van der Waals surface area contributed by atoms with E-state index >= 15 is 0 Å². The Morgan fingerprint density at radius 1 is 1.29 bits per heavy atom. The minimum Gasteiger partial charge on any atom is -0.465 e. The lowest BCUT2D eigenvalue weighted by molar-refractivity contribution is 0.105. The third kappa shape index (κ3) is 1.84. The summed E-state index contributed by atoms with van der Waals surface area (Å²) >= 11 is 0. The van der Waals surface area contributed by atoms with Crippen LogP contribution < -0.4 is 4.90 Å². The summed E-state index contributed by atoms with van der Waals surface area (Å²) < 4.78 is 0. The number of nitrogens with zero attached hydrogens (tertiary/aromatic N) is 4. The summed E-state index contributed by atoms with van der Waals surface area (Å²) in [5.41, 5.74) is 0.828. The number of rotatable bonds is 1. The topological polar surface area (TPSA) is 85.3 Å². The zero-order chi connectivity index (χ0) is 14.4. The van der Waals surface area contributed by atoms with Gasteiger partial charge in [0, 0.05) is 19.3 Å². The van der Waals surface area contributed by atoms with Crippen molar-refractivity contribution >= 4 is 22.9 Å². The number of hydrogen-bond donors (Lipinski definition) is 2. The van der Waals surface area contributed by atoms with Crippen LogP contribution in [0.25, 0.3) is 11.0 Å². The second-order valence-corrected chi connectivity index (χ2v) is 5.67. The maximum atomic E-state index is 11.4. The van der Waals surface area contributed by atoms with Crippen molar-refractivity contribution in [1.29, 1.82) is 0 Å². The van der Waals surface area contributed by atoms with Crippen molar-refractivity contribution < 1.29 is 9.90 Å². The van der Waals surface area contributed by atoms with E-state index in [-0.39, 0.29) is 12.1 Å². The molecule has 1 amide bonds. The Labute approximate surface area is 121 Å². The monoisotopic (exact) mass is 287 g/mol. The van der Waals surface area contributed by atoms with Crippen LogP contribution in [0.15, 0.2) is 18.6 Å². The molecule has 110 valence electrons. The molecule has 2 aliphatic heterocycles. The van der Waals surface area contributed by atoms with Crippen LogP contribution in [0.2, 0.25) is 0 Å². The van der Waals surface area contributed by atoms with E-state index in [4.69, 9.17) is 0 Å². The number of carbonyl (C=O) groups is 1. The van der Waals surface area contributed by atoms with E-state index < -0.39 is 6.09 Å². The number of amides is 1. The Morgan fingerprint density at radius 3 is 3.05 bits per heavy atom. The van der Waals surface area contributed by atoms with Crippen molar-refractivity contribution in [3.63, 3.8) is 0 Å². The average molecular weight is 287 g/mol. The molecule has 0 aliphatic carbocycles. The van der Waals surface area contributed by atoms with Gasteiger partial charge in [0.25, 0.3) is 0 Å². The molecule has 2 fully saturated rings. The van der Waals surface area contributed by atoms with Gasteiger partial charge in [-0.2, -0.15) is 0 Å². The molecule has 21 heavy (non-hydrogen) atoms. The van der Waals surface area contributed by atoms with Gasteiger partial charge >= 0.3 is 6.09 Å². The van der Waals surface area contributed by atoms with Gasteiger partial charge in [-0.3, -0.25) is 0 Å². The van der Waals surface area contributed by atoms with Gasteiger partial charge in [-0.25, -0.2) is 14.8 Å². The Balaban J connectivity index is 1.71. The normalized spacial score (nSPS) is 25.3. The first-order chi connectivity index (χ1) is 10.3. The lowest BCUT2D eigenvalue weighted by Gasteiger charge is -2.38. The van der Waals surface area contributed by atoms with Gasteiger partial charge in [0.15, 0.2) is 0 Å². The molecular formula is C14H17N5O2. The van der Waals surface area contributed by atoms with Gasteiger partial charge in [0.2, 0.25) is 0 Å². The predicted molar refractivity (Wildman–Crippen MR) is 77.4 cm³/mol. The van der Waals surface area contributed by atoms with Gasteiger partial charge in [-0.15, -0.1) is 0 Å². The van der Waals surface area contributed by atoms with E-state index in [1.54, 1.807) is 11.2 Å². The van der Waals surface area contributed by atoms with E-state index in [1.165, 1.54) is 0 Å². The molecule has 2 saturated heterocycles. The van der Waals surface area contributed by atoms with E-state index in [9.17, 15) is 9.90 Å². The smallest absolute Gasteiger partial charge is 0.407 e. The summed E-state index contributed by atoms with van der Waals surface area (Å²) in [6.45, 7) is 1.49. The molecule has 0 unspecified atom stereocenters. The van der Waals surface area contributed by atoms with Crippen LogP contribution in [0.3, 0.4) is 0 Å². The second-order valence-electron chi connectivity index (χ2n) is 5.67. The number of piperidine rings is 1. The zero-order valence-electron chi connectivity index (χ0n) is 11.6. The van der Waals surface area contributed by atoms with E-state index in [1.807, 2.05) is 12.3 Å². The number of nitrogens with one attached hydrogen (secondary N) is 1. The number of hydrogen-bond acceptors (Lipinski definition) is 4. The van der Waals surface area contributed by atoms with Crippen molar-refractivity contribution in [2.45, 2.75) is 31.3 Å². The first kappa shape index (κ1) is 12.4. The molecule has 2 aromatic heterocycles. The highest BCUT2D eigenvalue weighted by Crippen LogP contribution is 2.35. The molecule has 0 aromatic carbocycles. The summed E-state index contributed by atoms with van der Waals surface area (Å²) in [5, 5.41) is 10.4. The lowest BCUT2D eigenvalue weighted by Crippen LogP contribution is -2.51. The number of fused-ring (bicyclic) bond motifs is 2. The summed E-state index contributed by atoms with van der Waals surface area (Å²) in [6.07, 6.45) is 5.42. The van der Waals surface area contributed by atoms with Crippen LogP contribution >= 0.6 is 0 Å². The quantitative estimate of drug-likeness (QED) is 0.833. The van der Waals surface area contributed by atoms with Gasteiger partial charge in [-0.1, -0.05) is 0 Å². The maximum Gasteiger partial charge on any atom is 0.407 e. The number of anilines is 1. The van der Waals surface area contributed by atoms with Gasteiger partial charge in [0.05, 0.1) is 17.5 Å². The fourth-order valence-electron chi connectivity index (χ4n) is 3.77. The molecule has 7 heteroatoms. The van der Waals surface area contributed by atoms with E-state index in [0.29, 0.717) is 6.54 Å². The Hall–Kier alpha value is -2.31. The van der Waals surface area contributed by atoms with Crippen molar-refractivity contribution in [2.75, 3.05) is 18.0 Å². The highest BCUT2D eigenvalue weighted by atomic mass is 16.4. The molecule has 2 atom stereocenters. The van der Waals surface area contributed by atoms with Crippen LogP contribution in [0.5, 0.6) is 0 Å². The van der Waals surface area contributed by atoms with Crippen LogP contribution in [-0.4, -0.2) is 56.2 Å². The van der Waals surface area contributed by atoms with Crippen molar-refractivity contribution in [3.05, 3.63) is 18.6 Å². The second kappa shape index (κ2) is 4.61. The van der Waals surface area contributed by atoms with Crippen LogP contribution in [0.4, 0.5) is 10.6 Å². The van der Waals surface area contributed by atoms with Gasteiger partial charge < -0.3 is 19.9 Å². The molecule has 7 nitrogen and oxygen atoms in total. The largest absolute Gasteiger partial charge is 0.465 e. The van der Waals surface area contributed by atoms with Crippen LogP contribution in [0.1, 0.15) is 19.3 Å². The van der Waals surface area contributed by atoms with Crippen LogP contribution in [-0.2, 0) is 0 Å². The van der Waals surface area contributed by atoms with E-state index in [0.717, 1.165) is 42.7 Å². The summed E-state index contributed by atoms with van der Waals surface area (Å²) in [6, 6.07) is 2.29. The molecule has 0 radical (unpaired) electrons. The Morgan fingerprint density at radius 2 is 2.19 bits per heavy atom. The fraction of sp³-hybridized carbons (Fsp3) is 0.500. The third-order valence-electron chi connectivity index (χ3n) is 4.66. The molecule has 2 aromatic rings. The third-order valence-corrected chi connectivity index (χ3v) is 4.66. The molecule has 0 bridgehead atoms. The molecule has 0 saturated carbocycles. The van der Waals surface area contributed by atoms with Crippen LogP contribution in [0, 0.1) is 0 Å². The molecule has 4 heterocycles. The molecular weight excluding hydrogens is 270 g/mol. The highest BCUT2D eigenvalue weighted by Gasteiger charge is 2.42. The standard InChI is InChI=1S/C14H17N5O2/c20-14(21)19-6-1-2-10-11(19)4-7-18(10)13-9-3-5-15-12(9)16-8-17-13/h3,5,8,10-11H,1-2,4,6-7H2,(H,20,21)(H,15,16,17)/t10-,11-/m1/s1. The summed E-state index contributed by atoms with van der Waals surface area (Å²) in [4.78, 5) is 27.0.